The van der Waals surface area contributed by atoms with Crippen molar-refractivity contribution >= 4 is 11.7 Å². The number of nitrogens with one attached hydrogen (secondary N) is 3. The number of nitrogens with zero attached hydrogens (tertiary/aromatic N) is 2. The Hall–Kier alpha value is -3.66. The predicted octanol–water partition coefficient (Wildman–Crippen LogP) is 4.27. The molecule has 0 aliphatic heterocycles. The van der Waals surface area contributed by atoms with E-state index >= 15 is 0 Å². The van der Waals surface area contributed by atoms with E-state index in [1.165, 1.54) is 18.4 Å². The number of rotatable bonds is 9. The molecule has 7 nitrogen and oxygen atoms in total. The number of guanidine groups is 1. The first kappa shape index (κ1) is 24.5. The summed E-state index contributed by atoms with van der Waals surface area (Å²) < 4.78 is 5.45. The van der Waals surface area contributed by atoms with E-state index in [-0.39, 0.29) is 17.2 Å². The van der Waals surface area contributed by atoms with E-state index in [4.69, 9.17) is 10.00 Å². The molecule has 0 heterocycles. The van der Waals surface area contributed by atoms with Crippen LogP contribution in [0.25, 0.3) is 5.70 Å². The molecule has 2 aliphatic rings. The zero-order valence-corrected chi connectivity index (χ0v) is 20.4. The van der Waals surface area contributed by atoms with Crippen molar-refractivity contribution in [3.8, 4) is 17.7 Å². The third-order valence-corrected chi connectivity index (χ3v) is 7.25. The molecule has 2 aliphatic carbocycles. The van der Waals surface area contributed by atoms with E-state index in [1.807, 2.05) is 18.3 Å². The molecule has 0 radical (unpaired) electrons. The number of phenolic OH excluding ortho intramolecular Hbond substituents is 1. The zero-order chi connectivity index (χ0) is 24.7. The highest BCUT2D eigenvalue weighted by molar-refractivity contribution is 5.81. The van der Waals surface area contributed by atoms with Crippen molar-refractivity contribution in [3.05, 3.63) is 66.2 Å². The van der Waals surface area contributed by atoms with Crippen LogP contribution in [0.2, 0.25) is 0 Å². The molecule has 7 heteroatoms. The minimum absolute atomic E-state index is 0.0754. The van der Waals surface area contributed by atoms with Crippen molar-refractivity contribution in [1.29, 1.82) is 5.26 Å². The molecular weight excluding hydrogens is 438 g/mol. The van der Waals surface area contributed by atoms with E-state index in [2.05, 4.69) is 51.8 Å². The SMILES string of the molecule is C=C(NC[C@]1(c2ccccc2)CC[C@H](N/C(=N/C#N)NCC2CC2)CC1)c1c(O)cccc1OC. The lowest BCUT2D eigenvalue weighted by atomic mass is 9.68. The molecule has 0 aromatic heterocycles. The second-order valence-electron chi connectivity index (χ2n) is 9.64. The summed E-state index contributed by atoms with van der Waals surface area (Å²) in [6.07, 6.45) is 8.27. The maximum Gasteiger partial charge on any atom is 0.209 e. The third kappa shape index (κ3) is 6.07. The van der Waals surface area contributed by atoms with Crippen molar-refractivity contribution in [2.24, 2.45) is 10.9 Å². The van der Waals surface area contributed by atoms with Gasteiger partial charge in [0.25, 0.3) is 0 Å². The van der Waals surface area contributed by atoms with E-state index in [9.17, 15) is 5.11 Å². The molecule has 35 heavy (non-hydrogen) atoms. The minimum Gasteiger partial charge on any atom is -0.507 e. The summed E-state index contributed by atoms with van der Waals surface area (Å²) in [7, 11) is 1.59. The maximum absolute atomic E-state index is 10.4. The molecule has 0 unspecified atom stereocenters. The molecule has 0 spiro atoms. The topological polar surface area (TPSA) is 102 Å². The summed E-state index contributed by atoms with van der Waals surface area (Å²) in [5.74, 6) is 2.04. The number of hydrogen-bond donors (Lipinski definition) is 4. The quantitative estimate of drug-likeness (QED) is 0.247. The summed E-state index contributed by atoms with van der Waals surface area (Å²) in [5, 5.41) is 29.8. The van der Waals surface area contributed by atoms with Crippen molar-refractivity contribution in [2.45, 2.75) is 50.0 Å². The number of methoxy groups -OCH3 is 1. The summed E-state index contributed by atoms with van der Waals surface area (Å²) in [6.45, 7) is 5.76. The fourth-order valence-corrected chi connectivity index (χ4v) is 4.96. The first-order valence-corrected chi connectivity index (χ1v) is 12.4. The van der Waals surface area contributed by atoms with Gasteiger partial charge in [-0.1, -0.05) is 43.0 Å². The van der Waals surface area contributed by atoms with Gasteiger partial charge in [0.1, 0.15) is 11.5 Å². The Morgan fingerprint density at radius 1 is 1.11 bits per heavy atom. The molecule has 184 valence electrons. The summed E-state index contributed by atoms with van der Waals surface area (Å²) in [5.41, 5.74) is 2.45. The van der Waals surface area contributed by atoms with E-state index in [0.717, 1.165) is 32.2 Å². The van der Waals surface area contributed by atoms with Gasteiger partial charge in [0.05, 0.1) is 12.7 Å². The van der Waals surface area contributed by atoms with E-state index in [1.54, 1.807) is 19.2 Å². The Bertz CT molecular complexity index is 1080. The molecule has 0 bridgehead atoms. The lowest BCUT2D eigenvalue weighted by Gasteiger charge is -2.41. The minimum atomic E-state index is -0.0754. The van der Waals surface area contributed by atoms with Crippen LogP contribution in [0.5, 0.6) is 11.5 Å². The molecule has 2 saturated carbocycles. The zero-order valence-electron chi connectivity index (χ0n) is 20.4. The van der Waals surface area contributed by atoms with Crippen molar-refractivity contribution in [3.63, 3.8) is 0 Å². The number of hydrogen-bond acceptors (Lipinski definition) is 5. The van der Waals surface area contributed by atoms with Crippen molar-refractivity contribution in [1.82, 2.24) is 16.0 Å². The van der Waals surface area contributed by atoms with Gasteiger partial charge in [0.15, 0.2) is 0 Å². The molecule has 2 aromatic rings. The highest BCUT2D eigenvalue weighted by Crippen LogP contribution is 2.40. The molecular formula is C28H35N5O2. The Kier molecular flexibility index (Phi) is 7.81. The molecule has 0 saturated heterocycles. The van der Waals surface area contributed by atoms with Crippen LogP contribution in [-0.4, -0.2) is 37.3 Å². The van der Waals surface area contributed by atoms with Crippen LogP contribution in [-0.2, 0) is 5.41 Å². The van der Waals surface area contributed by atoms with Crippen molar-refractivity contribution < 1.29 is 9.84 Å². The van der Waals surface area contributed by atoms with Crippen LogP contribution in [0.4, 0.5) is 0 Å². The van der Waals surface area contributed by atoms with Crippen molar-refractivity contribution in [2.75, 3.05) is 20.2 Å². The average Bonchev–Trinajstić information content (AvgIpc) is 3.72. The molecule has 2 fully saturated rings. The standard InChI is InChI=1S/C28H35N5O2/c1-20(26-24(34)9-6-10-25(26)35-2)31-18-28(22-7-4-3-5-8-22)15-13-23(14-16-28)33-27(32-19-29)30-17-21-11-12-21/h3-10,21,23,31,34H,1,11-18H2,2H3,(H2,30,32,33)/t23-,28-. The number of ether oxygens (including phenoxy) is 1. The highest BCUT2D eigenvalue weighted by atomic mass is 16.5. The normalized spacial score (nSPS) is 22.1. The molecule has 4 N–H and O–H groups in total. The average molecular weight is 474 g/mol. The summed E-state index contributed by atoms with van der Waals surface area (Å²) in [4.78, 5) is 3.97. The van der Waals surface area contributed by atoms with Gasteiger partial charge in [-0.15, -0.1) is 4.99 Å². The highest BCUT2D eigenvalue weighted by Gasteiger charge is 2.37. The Morgan fingerprint density at radius 3 is 2.51 bits per heavy atom. The molecule has 2 aromatic carbocycles. The van der Waals surface area contributed by atoms with Gasteiger partial charge in [-0.3, -0.25) is 0 Å². The molecule has 4 rings (SSSR count). The van der Waals surface area contributed by atoms with Gasteiger partial charge >= 0.3 is 0 Å². The van der Waals surface area contributed by atoms with Gasteiger partial charge in [0.2, 0.25) is 12.2 Å². The van der Waals surface area contributed by atoms with Gasteiger partial charge < -0.3 is 25.8 Å². The third-order valence-electron chi connectivity index (χ3n) is 7.25. The second kappa shape index (κ2) is 11.2. The second-order valence-corrected chi connectivity index (χ2v) is 9.64. The number of phenols is 1. The van der Waals surface area contributed by atoms with E-state index in [0.29, 0.717) is 35.4 Å². The van der Waals surface area contributed by atoms with E-state index < -0.39 is 0 Å². The lowest BCUT2D eigenvalue weighted by molar-refractivity contribution is 0.257. The number of aromatic hydroxyl groups is 1. The van der Waals surface area contributed by atoms with Crippen LogP contribution in [0.15, 0.2) is 60.1 Å². The van der Waals surface area contributed by atoms with Crippen LogP contribution in [0, 0.1) is 17.4 Å². The predicted molar refractivity (Wildman–Crippen MR) is 139 cm³/mol. The number of aliphatic imine (C=N–C) groups is 1. The summed E-state index contributed by atoms with van der Waals surface area (Å²) >= 11 is 0. The smallest absolute Gasteiger partial charge is 0.209 e. The lowest BCUT2D eigenvalue weighted by Crippen LogP contribution is -2.49. The monoisotopic (exact) mass is 473 g/mol. The number of benzene rings is 2. The summed E-state index contributed by atoms with van der Waals surface area (Å²) in [6, 6.07) is 16.1. The van der Waals surface area contributed by atoms with Gasteiger partial charge in [-0.2, -0.15) is 5.26 Å². The Labute approximate surface area is 207 Å². The Balaban J connectivity index is 1.44. The van der Waals surface area contributed by atoms with Gasteiger partial charge in [-0.05, 0) is 62.1 Å². The first-order valence-electron chi connectivity index (χ1n) is 12.4. The number of nitriles is 1. The molecule has 0 amide bonds. The molecule has 0 atom stereocenters. The Morgan fingerprint density at radius 2 is 1.86 bits per heavy atom. The largest absolute Gasteiger partial charge is 0.507 e. The van der Waals surface area contributed by atoms with Crippen LogP contribution in [0.1, 0.15) is 49.7 Å². The van der Waals surface area contributed by atoms with Crippen LogP contribution >= 0.6 is 0 Å². The van der Waals surface area contributed by atoms with Gasteiger partial charge in [0, 0.05) is 30.2 Å². The fraction of sp³-hybridized carbons (Fsp3) is 0.429. The fourth-order valence-electron chi connectivity index (χ4n) is 4.96. The van der Waals surface area contributed by atoms with Gasteiger partial charge in [-0.25, -0.2) is 0 Å². The first-order chi connectivity index (χ1) is 17.0. The maximum atomic E-state index is 10.4. The van der Waals surface area contributed by atoms with Crippen LogP contribution < -0.4 is 20.7 Å². The van der Waals surface area contributed by atoms with Crippen LogP contribution in [0.3, 0.4) is 0 Å².